The van der Waals surface area contributed by atoms with Crippen molar-refractivity contribution in [1.82, 2.24) is 9.97 Å². The molecule has 0 spiro atoms. The van der Waals surface area contributed by atoms with Crippen LogP contribution in [-0.4, -0.2) is 9.97 Å². The second-order valence-electron chi connectivity index (χ2n) is 5.08. The van der Waals surface area contributed by atoms with Gasteiger partial charge in [-0.05, 0) is 29.9 Å². The minimum atomic E-state index is 0.778. The average molecular weight is 238 g/mol. The normalized spacial score (nSPS) is 16.7. The van der Waals surface area contributed by atoms with E-state index in [9.17, 15) is 0 Å². The molecule has 2 nitrogen and oxygen atoms in total. The second-order valence-corrected chi connectivity index (χ2v) is 5.08. The molecule has 2 heteroatoms. The standard InChI is InChI=1S/C16H18N2/c1-2-4-13(5-3-1)14-6-8-15(9-7-14)16-10-17-12-18-11-16/h6-13H,1-5H2. The van der Waals surface area contributed by atoms with E-state index in [-0.39, 0.29) is 0 Å². The Morgan fingerprint density at radius 1 is 0.778 bits per heavy atom. The quantitative estimate of drug-likeness (QED) is 0.784. The maximum Gasteiger partial charge on any atom is 0.115 e. The summed E-state index contributed by atoms with van der Waals surface area (Å²) in [6, 6.07) is 8.95. The van der Waals surface area contributed by atoms with Gasteiger partial charge in [0.1, 0.15) is 6.33 Å². The third kappa shape index (κ3) is 2.42. The summed E-state index contributed by atoms with van der Waals surface area (Å²) in [5, 5.41) is 0. The highest BCUT2D eigenvalue weighted by Crippen LogP contribution is 2.33. The Bertz CT molecular complexity index is 484. The van der Waals surface area contributed by atoms with Gasteiger partial charge in [-0.1, -0.05) is 43.5 Å². The van der Waals surface area contributed by atoms with Crippen LogP contribution in [0.15, 0.2) is 43.0 Å². The van der Waals surface area contributed by atoms with Crippen LogP contribution in [0.1, 0.15) is 43.6 Å². The molecule has 0 bridgehead atoms. The van der Waals surface area contributed by atoms with Gasteiger partial charge in [0, 0.05) is 18.0 Å². The van der Waals surface area contributed by atoms with Crippen LogP contribution in [0.25, 0.3) is 11.1 Å². The maximum atomic E-state index is 4.06. The molecule has 0 saturated heterocycles. The number of aromatic nitrogens is 2. The minimum Gasteiger partial charge on any atom is -0.244 e. The molecule has 0 amide bonds. The van der Waals surface area contributed by atoms with E-state index in [2.05, 4.69) is 34.2 Å². The van der Waals surface area contributed by atoms with Crippen molar-refractivity contribution in [2.24, 2.45) is 0 Å². The lowest BCUT2D eigenvalue weighted by atomic mass is 9.84. The Morgan fingerprint density at radius 3 is 2.11 bits per heavy atom. The van der Waals surface area contributed by atoms with E-state index in [4.69, 9.17) is 0 Å². The van der Waals surface area contributed by atoms with Gasteiger partial charge in [-0.3, -0.25) is 0 Å². The summed E-state index contributed by atoms with van der Waals surface area (Å²) in [5.41, 5.74) is 3.79. The highest BCUT2D eigenvalue weighted by atomic mass is 14.8. The van der Waals surface area contributed by atoms with E-state index in [1.807, 2.05) is 12.4 Å². The predicted octanol–water partition coefficient (Wildman–Crippen LogP) is 4.19. The summed E-state index contributed by atoms with van der Waals surface area (Å²) in [6.07, 6.45) is 12.2. The molecule has 1 heterocycles. The van der Waals surface area contributed by atoms with E-state index < -0.39 is 0 Å². The molecule has 1 aromatic heterocycles. The molecule has 1 aliphatic carbocycles. The van der Waals surface area contributed by atoms with Crippen LogP contribution in [0.4, 0.5) is 0 Å². The summed E-state index contributed by atoms with van der Waals surface area (Å²) in [5.74, 6) is 0.778. The van der Waals surface area contributed by atoms with Crippen LogP contribution in [-0.2, 0) is 0 Å². The van der Waals surface area contributed by atoms with Crippen LogP contribution in [0, 0.1) is 0 Å². The summed E-state index contributed by atoms with van der Waals surface area (Å²) in [6.45, 7) is 0. The molecule has 0 aliphatic heterocycles. The van der Waals surface area contributed by atoms with Crippen molar-refractivity contribution in [3.05, 3.63) is 48.5 Å². The molecule has 0 unspecified atom stereocenters. The van der Waals surface area contributed by atoms with Crippen LogP contribution < -0.4 is 0 Å². The van der Waals surface area contributed by atoms with E-state index in [1.54, 1.807) is 6.33 Å². The third-order valence-electron chi connectivity index (χ3n) is 3.88. The number of hydrogen-bond acceptors (Lipinski definition) is 2. The fraction of sp³-hybridized carbons (Fsp3) is 0.375. The van der Waals surface area contributed by atoms with Crippen molar-refractivity contribution < 1.29 is 0 Å². The van der Waals surface area contributed by atoms with Gasteiger partial charge < -0.3 is 0 Å². The largest absolute Gasteiger partial charge is 0.244 e. The van der Waals surface area contributed by atoms with Crippen molar-refractivity contribution in [2.75, 3.05) is 0 Å². The van der Waals surface area contributed by atoms with Gasteiger partial charge in [0.15, 0.2) is 0 Å². The fourth-order valence-electron chi connectivity index (χ4n) is 2.83. The number of rotatable bonds is 2. The lowest BCUT2D eigenvalue weighted by molar-refractivity contribution is 0.443. The number of benzene rings is 1. The maximum absolute atomic E-state index is 4.06. The highest BCUT2D eigenvalue weighted by Gasteiger charge is 2.15. The molecule has 0 N–H and O–H groups in total. The molecule has 1 fully saturated rings. The molecule has 92 valence electrons. The zero-order chi connectivity index (χ0) is 12.2. The van der Waals surface area contributed by atoms with Crippen LogP contribution in [0.2, 0.25) is 0 Å². The Labute approximate surface area is 108 Å². The monoisotopic (exact) mass is 238 g/mol. The Kier molecular flexibility index (Phi) is 3.35. The molecule has 18 heavy (non-hydrogen) atoms. The Hall–Kier alpha value is -1.70. The zero-order valence-corrected chi connectivity index (χ0v) is 10.5. The lowest BCUT2D eigenvalue weighted by Gasteiger charge is -2.22. The number of nitrogens with zero attached hydrogens (tertiary/aromatic N) is 2. The zero-order valence-electron chi connectivity index (χ0n) is 10.5. The van der Waals surface area contributed by atoms with E-state index in [0.717, 1.165) is 11.5 Å². The summed E-state index contributed by atoms with van der Waals surface area (Å²) >= 11 is 0. The molecule has 2 aromatic rings. The molecule has 0 atom stereocenters. The Balaban J connectivity index is 1.80. The van der Waals surface area contributed by atoms with E-state index >= 15 is 0 Å². The smallest absolute Gasteiger partial charge is 0.115 e. The van der Waals surface area contributed by atoms with Gasteiger partial charge in [0.2, 0.25) is 0 Å². The molecule has 0 radical (unpaired) electrons. The van der Waals surface area contributed by atoms with E-state index in [0.29, 0.717) is 0 Å². The lowest BCUT2D eigenvalue weighted by Crippen LogP contribution is -2.04. The van der Waals surface area contributed by atoms with Crippen molar-refractivity contribution in [2.45, 2.75) is 38.0 Å². The van der Waals surface area contributed by atoms with Crippen LogP contribution in [0.5, 0.6) is 0 Å². The third-order valence-corrected chi connectivity index (χ3v) is 3.88. The fourth-order valence-corrected chi connectivity index (χ4v) is 2.83. The molecule has 1 aromatic carbocycles. The SMILES string of the molecule is c1ncc(-c2ccc(C3CCCCC3)cc2)cn1. The Morgan fingerprint density at radius 2 is 1.44 bits per heavy atom. The summed E-state index contributed by atoms with van der Waals surface area (Å²) in [7, 11) is 0. The first kappa shape index (κ1) is 11.4. The predicted molar refractivity (Wildman–Crippen MR) is 73.3 cm³/mol. The average Bonchev–Trinajstić information content (AvgIpc) is 2.49. The minimum absolute atomic E-state index is 0.778. The van der Waals surface area contributed by atoms with Crippen molar-refractivity contribution >= 4 is 0 Å². The number of hydrogen-bond donors (Lipinski definition) is 0. The highest BCUT2D eigenvalue weighted by molar-refractivity contribution is 5.61. The van der Waals surface area contributed by atoms with Gasteiger partial charge in [-0.2, -0.15) is 0 Å². The first-order valence-corrected chi connectivity index (χ1v) is 6.79. The molecule has 1 aliphatic rings. The molecular weight excluding hydrogens is 220 g/mol. The summed E-state index contributed by atoms with van der Waals surface area (Å²) in [4.78, 5) is 8.12. The topological polar surface area (TPSA) is 25.8 Å². The van der Waals surface area contributed by atoms with Gasteiger partial charge in [-0.15, -0.1) is 0 Å². The van der Waals surface area contributed by atoms with Crippen LogP contribution >= 0.6 is 0 Å². The van der Waals surface area contributed by atoms with Gasteiger partial charge in [0.05, 0.1) is 0 Å². The van der Waals surface area contributed by atoms with Crippen molar-refractivity contribution in [1.29, 1.82) is 0 Å². The second kappa shape index (κ2) is 5.30. The molecule has 3 rings (SSSR count). The molecule has 1 saturated carbocycles. The summed E-state index contributed by atoms with van der Waals surface area (Å²) < 4.78 is 0. The molecular formula is C16H18N2. The first-order valence-electron chi connectivity index (χ1n) is 6.79. The van der Waals surface area contributed by atoms with E-state index in [1.165, 1.54) is 43.2 Å². The van der Waals surface area contributed by atoms with Crippen LogP contribution in [0.3, 0.4) is 0 Å². The van der Waals surface area contributed by atoms with Crippen molar-refractivity contribution in [3.63, 3.8) is 0 Å². The van der Waals surface area contributed by atoms with Gasteiger partial charge in [-0.25, -0.2) is 9.97 Å². The van der Waals surface area contributed by atoms with Gasteiger partial charge >= 0.3 is 0 Å². The van der Waals surface area contributed by atoms with Gasteiger partial charge in [0.25, 0.3) is 0 Å². The van der Waals surface area contributed by atoms with Crippen molar-refractivity contribution in [3.8, 4) is 11.1 Å². The first-order chi connectivity index (χ1) is 8.93.